The fourth-order valence-corrected chi connectivity index (χ4v) is 1.02. The molecule has 1 rings (SSSR count). The Hall–Kier alpha value is -1.72. The van der Waals surface area contributed by atoms with Crippen LogP contribution in [-0.4, -0.2) is 20.6 Å². The first-order chi connectivity index (χ1) is 5.57. The van der Waals surface area contributed by atoms with E-state index in [1.165, 1.54) is 0 Å². The van der Waals surface area contributed by atoms with E-state index in [0.29, 0.717) is 0 Å². The predicted octanol–water partition coefficient (Wildman–Crippen LogP) is -0.523. The Bertz CT molecular complexity index is 363. The predicted molar refractivity (Wildman–Crippen MR) is 42.1 cm³/mol. The van der Waals surface area contributed by atoms with Crippen LogP contribution in [0.25, 0.3) is 0 Å². The van der Waals surface area contributed by atoms with Gasteiger partial charge in [-0.1, -0.05) is 0 Å². The molecule has 0 unspecified atom stereocenters. The minimum Gasteiger partial charge on any atom is -0.476 e. The van der Waals surface area contributed by atoms with Crippen molar-refractivity contribution in [2.24, 2.45) is 0 Å². The number of H-pyrrole nitrogens is 1. The summed E-state index contributed by atoms with van der Waals surface area (Å²) < 4.78 is 1.07. The van der Waals surface area contributed by atoms with Crippen LogP contribution in [0.15, 0.2) is 4.79 Å². The topological polar surface area (TPSA) is 101 Å². The van der Waals surface area contributed by atoms with Gasteiger partial charge in [0.1, 0.15) is 5.82 Å². The maximum Gasteiger partial charge on any atom is 0.356 e. The lowest BCUT2D eigenvalue weighted by Crippen LogP contribution is -2.19. The smallest absolute Gasteiger partial charge is 0.356 e. The summed E-state index contributed by atoms with van der Waals surface area (Å²) in [5, 5.41) is 8.63. The standard InChI is InChI=1S/C6H9N3O3/c1-2-9-3(5(10)11)4(7)8-6(9)12/h2,7H2,1H3,(H,8,12)(H,10,11). The molecule has 0 saturated heterocycles. The number of anilines is 1. The number of nitrogens with one attached hydrogen (secondary N) is 1. The van der Waals surface area contributed by atoms with E-state index in [9.17, 15) is 9.59 Å². The SMILES string of the molecule is CCn1c(C(=O)O)c(N)[nH]c1=O. The molecule has 0 aromatic carbocycles. The summed E-state index contributed by atoms with van der Waals surface area (Å²) in [6.07, 6.45) is 0. The van der Waals surface area contributed by atoms with Crippen LogP contribution in [-0.2, 0) is 6.54 Å². The van der Waals surface area contributed by atoms with E-state index in [1.807, 2.05) is 0 Å². The van der Waals surface area contributed by atoms with Crippen LogP contribution >= 0.6 is 0 Å². The van der Waals surface area contributed by atoms with E-state index in [-0.39, 0.29) is 18.1 Å². The second-order valence-electron chi connectivity index (χ2n) is 2.24. The lowest BCUT2D eigenvalue weighted by molar-refractivity contribution is 0.0686. The average molecular weight is 171 g/mol. The van der Waals surface area contributed by atoms with Crippen LogP contribution in [0.2, 0.25) is 0 Å². The highest BCUT2D eigenvalue weighted by atomic mass is 16.4. The van der Waals surface area contributed by atoms with Crippen molar-refractivity contribution in [3.05, 3.63) is 16.2 Å². The highest BCUT2D eigenvalue weighted by molar-refractivity contribution is 5.90. The molecule has 0 aliphatic carbocycles. The summed E-state index contributed by atoms with van der Waals surface area (Å²) in [5.41, 5.74) is 4.59. The minimum absolute atomic E-state index is 0.102. The molecule has 0 spiro atoms. The molecule has 0 fully saturated rings. The van der Waals surface area contributed by atoms with Gasteiger partial charge in [0.05, 0.1) is 0 Å². The molecule has 0 amide bonds. The number of nitrogens with zero attached hydrogens (tertiary/aromatic N) is 1. The van der Waals surface area contributed by atoms with Gasteiger partial charge in [-0.05, 0) is 6.92 Å². The molecule has 0 radical (unpaired) electrons. The second kappa shape index (κ2) is 2.72. The third-order valence-corrected chi connectivity index (χ3v) is 1.53. The number of aromatic nitrogens is 2. The van der Waals surface area contributed by atoms with Crippen LogP contribution in [0.5, 0.6) is 0 Å². The first-order valence-electron chi connectivity index (χ1n) is 3.39. The van der Waals surface area contributed by atoms with Crippen molar-refractivity contribution in [3.8, 4) is 0 Å². The summed E-state index contributed by atoms with van der Waals surface area (Å²) >= 11 is 0. The van der Waals surface area contributed by atoms with Crippen molar-refractivity contribution >= 4 is 11.8 Å². The molecule has 1 heterocycles. The number of carbonyl (C=O) groups is 1. The molecule has 0 bridgehead atoms. The molecule has 66 valence electrons. The van der Waals surface area contributed by atoms with Gasteiger partial charge >= 0.3 is 11.7 Å². The molecular weight excluding hydrogens is 162 g/mol. The molecule has 0 saturated carbocycles. The van der Waals surface area contributed by atoms with Gasteiger partial charge in [0, 0.05) is 6.54 Å². The number of hydrogen-bond acceptors (Lipinski definition) is 3. The van der Waals surface area contributed by atoms with Crippen molar-refractivity contribution in [1.82, 2.24) is 9.55 Å². The number of carboxylic acid groups (broad SMARTS) is 1. The molecule has 0 aliphatic heterocycles. The zero-order valence-electron chi connectivity index (χ0n) is 6.50. The summed E-state index contributed by atoms with van der Waals surface area (Å²) in [6.45, 7) is 1.95. The fraction of sp³-hybridized carbons (Fsp3) is 0.333. The van der Waals surface area contributed by atoms with Crippen molar-refractivity contribution in [2.75, 3.05) is 5.73 Å². The molecule has 6 nitrogen and oxygen atoms in total. The first kappa shape index (κ1) is 8.38. The maximum atomic E-state index is 11.0. The van der Waals surface area contributed by atoms with Gasteiger partial charge in [-0.25, -0.2) is 9.59 Å². The highest BCUT2D eigenvalue weighted by Crippen LogP contribution is 2.04. The quantitative estimate of drug-likeness (QED) is 0.557. The third kappa shape index (κ3) is 1.07. The van der Waals surface area contributed by atoms with Crippen molar-refractivity contribution in [1.29, 1.82) is 0 Å². The number of rotatable bonds is 2. The van der Waals surface area contributed by atoms with Crippen LogP contribution in [0, 0.1) is 0 Å². The number of imidazole rings is 1. The average Bonchev–Trinajstić information content (AvgIpc) is 2.24. The first-order valence-corrected chi connectivity index (χ1v) is 3.39. The van der Waals surface area contributed by atoms with Crippen LogP contribution in [0.3, 0.4) is 0 Å². The van der Waals surface area contributed by atoms with Gasteiger partial charge in [0.15, 0.2) is 5.69 Å². The number of aromatic carboxylic acids is 1. The largest absolute Gasteiger partial charge is 0.476 e. The third-order valence-electron chi connectivity index (χ3n) is 1.53. The molecule has 4 N–H and O–H groups in total. The van der Waals surface area contributed by atoms with E-state index in [4.69, 9.17) is 10.8 Å². The van der Waals surface area contributed by atoms with Gasteiger partial charge in [-0.3, -0.25) is 9.55 Å². The zero-order valence-corrected chi connectivity index (χ0v) is 6.50. The van der Waals surface area contributed by atoms with Gasteiger partial charge < -0.3 is 10.8 Å². The van der Waals surface area contributed by atoms with E-state index >= 15 is 0 Å². The molecule has 0 aliphatic rings. The van der Waals surface area contributed by atoms with E-state index in [1.54, 1.807) is 6.92 Å². The Morgan fingerprint density at radius 2 is 2.33 bits per heavy atom. The molecule has 1 aromatic rings. The van der Waals surface area contributed by atoms with Gasteiger partial charge in [-0.2, -0.15) is 0 Å². The minimum atomic E-state index is -1.20. The maximum absolute atomic E-state index is 11.0. The number of nitrogen functional groups attached to an aromatic ring is 1. The molecule has 6 heteroatoms. The molecule has 12 heavy (non-hydrogen) atoms. The second-order valence-corrected chi connectivity index (χ2v) is 2.24. The summed E-state index contributed by atoms with van der Waals surface area (Å²) in [6, 6.07) is 0. The Kier molecular flexibility index (Phi) is 1.90. The summed E-state index contributed by atoms with van der Waals surface area (Å²) in [7, 11) is 0. The lowest BCUT2D eigenvalue weighted by Gasteiger charge is -1.98. The van der Waals surface area contributed by atoms with Gasteiger partial charge in [0.2, 0.25) is 0 Å². The van der Waals surface area contributed by atoms with Gasteiger partial charge in [0.25, 0.3) is 0 Å². The lowest BCUT2D eigenvalue weighted by atomic mass is 10.4. The van der Waals surface area contributed by atoms with Crippen LogP contribution in [0.1, 0.15) is 17.4 Å². The molecule has 0 atom stereocenters. The van der Waals surface area contributed by atoms with E-state index in [2.05, 4.69) is 4.98 Å². The fourth-order valence-electron chi connectivity index (χ4n) is 1.02. The Balaban J connectivity index is 3.43. The zero-order chi connectivity index (χ0) is 9.30. The van der Waals surface area contributed by atoms with Crippen molar-refractivity contribution in [2.45, 2.75) is 13.5 Å². The molecular formula is C6H9N3O3. The Morgan fingerprint density at radius 3 is 2.67 bits per heavy atom. The van der Waals surface area contributed by atoms with E-state index in [0.717, 1.165) is 4.57 Å². The molecule has 1 aromatic heterocycles. The normalized spacial score (nSPS) is 10.1. The highest BCUT2D eigenvalue weighted by Gasteiger charge is 2.16. The summed E-state index contributed by atoms with van der Waals surface area (Å²) in [5.74, 6) is -1.30. The van der Waals surface area contributed by atoms with Crippen LogP contribution in [0.4, 0.5) is 5.82 Å². The number of hydrogen-bond donors (Lipinski definition) is 3. The van der Waals surface area contributed by atoms with Crippen molar-refractivity contribution < 1.29 is 9.90 Å². The number of nitrogens with two attached hydrogens (primary N) is 1. The number of carboxylic acids is 1. The monoisotopic (exact) mass is 171 g/mol. The van der Waals surface area contributed by atoms with E-state index < -0.39 is 11.7 Å². The Labute approximate surface area is 67.6 Å². The van der Waals surface area contributed by atoms with Gasteiger partial charge in [-0.15, -0.1) is 0 Å². The van der Waals surface area contributed by atoms with Crippen molar-refractivity contribution in [3.63, 3.8) is 0 Å². The summed E-state index contributed by atoms with van der Waals surface area (Å²) in [4.78, 5) is 23.7. The van der Waals surface area contributed by atoms with Crippen LogP contribution < -0.4 is 11.4 Å². The Morgan fingerprint density at radius 1 is 1.75 bits per heavy atom. The number of aromatic amines is 1.